The highest BCUT2D eigenvalue weighted by Gasteiger charge is 2.18. The maximum atomic E-state index is 12.2. The molecular weight excluding hydrogens is 268 g/mol. The lowest BCUT2D eigenvalue weighted by atomic mass is 10.1. The van der Waals surface area contributed by atoms with E-state index in [0.29, 0.717) is 10.6 Å². The normalized spacial score (nSPS) is 12.4. The first-order chi connectivity index (χ1) is 8.58. The van der Waals surface area contributed by atoms with E-state index in [0.717, 1.165) is 5.16 Å². The second-order valence-corrected chi connectivity index (χ2v) is 5.70. The van der Waals surface area contributed by atoms with Gasteiger partial charge in [0.1, 0.15) is 0 Å². The predicted octanol–water partition coefficient (Wildman–Crippen LogP) is 3.44. The molecule has 1 aromatic carbocycles. The van der Waals surface area contributed by atoms with Crippen LogP contribution in [0.4, 0.5) is 0 Å². The van der Waals surface area contributed by atoms with E-state index in [1.165, 1.54) is 11.8 Å². The van der Waals surface area contributed by atoms with Crippen molar-refractivity contribution in [3.05, 3.63) is 47.2 Å². The van der Waals surface area contributed by atoms with E-state index in [4.69, 9.17) is 11.6 Å². The van der Waals surface area contributed by atoms with E-state index in [-0.39, 0.29) is 11.0 Å². The Morgan fingerprint density at radius 2 is 2.06 bits per heavy atom. The number of hydrogen-bond donors (Lipinski definition) is 0. The Bertz CT molecular complexity index is 550. The minimum absolute atomic E-state index is 0.0830. The van der Waals surface area contributed by atoms with E-state index in [1.807, 2.05) is 24.7 Å². The Morgan fingerprint density at radius 3 is 2.61 bits per heavy atom. The second kappa shape index (κ2) is 5.59. The van der Waals surface area contributed by atoms with Gasteiger partial charge in [-0.25, -0.2) is 4.98 Å². The zero-order valence-electron chi connectivity index (χ0n) is 10.1. The van der Waals surface area contributed by atoms with Crippen LogP contribution in [0.25, 0.3) is 0 Å². The summed E-state index contributed by atoms with van der Waals surface area (Å²) in [5.41, 5.74) is 0.675. The van der Waals surface area contributed by atoms with Crippen molar-refractivity contribution in [2.45, 2.75) is 17.3 Å². The van der Waals surface area contributed by atoms with Crippen LogP contribution in [-0.2, 0) is 7.05 Å². The van der Waals surface area contributed by atoms with Crippen molar-refractivity contribution in [1.29, 1.82) is 0 Å². The molecule has 2 aromatic rings. The average molecular weight is 281 g/mol. The lowest BCUT2D eigenvalue weighted by Crippen LogP contribution is -2.14. The minimum atomic E-state index is -0.174. The van der Waals surface area contributed by atoms with E-state index in [2.05, 4.69) is 4.98 Å². The zero-order valence-corrected chi connectivity index (χ0v) is 11.7. The molecule has 0 amide bonds. The molecule has 1 heterocycles. The Labute approximate surface area is 115 Å². The van der Waals surface area contributed by atoms with E-state index >= 15 is 0 Å². The predicted molar refractivity (Wildman–Crippen MR) is 74.3 cm³/mol. The monoisotopic (exact) mass is 280 g/mol. The van der Waals surface area contributed by atoms with E-state index in [9.17, 15) is 4.79 Å². The molecule has 0 unspecified atom stereocenters. The fraction of sp³-hybridized carbons (Fsp3) is 0.231. The van der Waals surface area contributed by atoms with E-state index in [1.54, 1.807) is 30.5 Å². The molecular formula is C13H13ClN2OS. The first-order valence-electron chi connectivity index (χ1n) is 5.51. The van der Waals surface area contributed by atoms with Gasteiger partial charge < -0.3 is 4.57 Å². The number of rotatable bonds is 4. The van der Waals surface area contributed by atoms with Crippen LogP contribution in [-0.4, -0.2) is 20.6 Å². The van der Waals surface area contributed by atoms with Crippen LogP contribution < -0.4 is 0 Å². The van der Waals surface area contributed by atoms with Gasteiger partial charge in [-0.05, 0) is 31.2 Å². The summed E-state index contributed by atoms with van der Waals surface area (Å²) in [6.45, 7) is 1.89. The van der Waals surface area contributed by atoms with Gasteiger partial charge in [-0.15, -0.1) is 0 Å². The molecule has 0 aliphatic heterocycles. The number of ketones is 1. The Morgan fingerprint density at radius 1 is 1.39 bits per heavy atom. The first-order valence-corrected chi connectivity index (χ1v) is 6.77. The molecule has 0 saturated heterocycles. The van der Waals surface area contributed by atoms with Gasteiger partial charge in [-0.2, -0.15) is 0 Å². The SMILES string of the molecule is C[C@@H](Sc1nccn1C)C(=O)c1ccc(Cl)cc1. The summed E-state index contributed by atoms with van der Waals surface area (Å²) in [6.07, 6.45) is 3.59. The average Bonchev–Trinajstić information content (AvgIpc) is 2.75. The number of halogens is 1. The summed E-state index contributed by atoms with van der Waals surface area (Å²) in [5, 5.41) is 1.30. The number of imidazole rings is 1. The number of carbonyl (C=O) groups excluding carboxylic acids is 1. The molecule has 1 atom stereocenters. The summed E-state index contributed by atoms with van der Waals surface area (Å²) in [5.74, 6) is 0.0830. The molecule has 0 spiro atoms. The quantitative estimate of drug-likeness (QED) is 0.636. The molecule has 94 valence electrons. The molecule has 5 heteroatoms. The number of thioether (sulfide) groups is 1. The third-order valence-electron chi connectivity index (χ3n) is 2.56. The highest BCUT2D eigenvalue weighted by Crippen LogP contribution is 2.24. The van der Waals surface area contributed by atoms with Crippen molar-refractivity contribution in [2.75, 3.05) is 0 Å². The van der Waals surface area contributed by atoms with Gasteiger partial charge in [0.15, 0.2) is 10.9 Å². The van der Waals surface area contributed by atoms with Gasteiger partial charge in [0.05, 0.1) is 5.25 Å². The van der Waals surface area contributed by atoms with Crippen molar-refractivity contribution in [3.63, 3.8) is 0 Å². The standard InChI is InChI=1S/C13H13ClN2OS/c1-9(18-13-15-7-8-16(13)2)12(17)10-3-5-11(14)6-4-10/h3-9H,1-2H3/t9-/m1/s1. The molecule has 0 bridgehead atoms. The number of aromatic nitrogens is 2. The summed E-state index contributed by atoms with van der Waals surface area (Å²) in [4.78, 5) is 16.4. The Kier molecular flexibility index (Phi) is 4.09. The summed E-state index contributed by atoms with van der Waals surface area (Å²) < 4.78 is 1.90. The van der Waals surface area contributed by atoms with Gasteiger partial charge in [-0.1, -0.05) is 23.4 Å². The number of Topliss-reactive ketones (excluding diaryl/α,β-unsaturated/α-hetero) is 1. The first kappa shape index (κ1) is 13.2. The number of aryl methyl sites for hydroxylation is 1. The molecule has 0 N–H and O–H groups in total. The van der Waals surface area contributed by atoms with Crippen LogP contribution >= 0.6 is 23.4 Å². The smallest absolute Gasteiger partial charge is 0.175 e. The van der Waals surface area contributed by atoms with Crippen molar-refractivity contribution in [3.8, 4) is 0 Å². The highest BCUT2D eigenvalue weighted by atomic mass is 35.5. The van der Waals surface area contributed by atoms with Gasteiger partial charge in [0.2, 0.25) is 0 Å². The number of nitrogens with zero attached hydrogens (tertiary/aromatic N) is 2. The maximum Gasteiger partial charge on any atom is 0.175 e. The van der Waals surface area contributed by atoms with Gasteiger partial charge in [0.25, 0.3) is 0 Å². The van der Waals surface area contributed by atoms with Crippen LogP contribution in [0.5, 0.6) is 0 Å². The minimum Gasteiger partial charge on any atom is -0.329 e. The Hall–Kier alpha value is -1.26. The summed E-state index contributed by atoms with van der Waals surface area (Å²) in [6, 6.07) is 6.96. The third-order valence-corrected chi connectivity index (χ3v) is 3.98. The molecule has 18 heavy (non-hydrogen) atoms. The highest BCUT2D eigenvalue weighted by molar-refractivity contribution is 8.00. The molecule has 0 fully saturated rings. The van der Waals surface area contributed by atoms with Crippen molar-refractivity contribution in [1.82, 2.24) is 9.55 Å². The summed E-state index contributed by atoms with van der Waals surface area (Å²) >= 11 is 7.26. The van der Waals surface area contributed by atoms with Crippen LogP contribution in [0.15, 0.2) is 41.8 Å². The third kappa shape index (κ3) is 2.94. The Balaban J connectivity index is 2.09. The van der Waals surface area contributed by atoms with Gasteiger partial charge >= 0.3 is 0 Å². The van der Waals surface area contributed by atoms with Gasteiger partial charge in [-0.3, -0.25) is 4.79 Å². The number of benzene rings is 1. The van der Waals surface area contributed by atoms with Crippen LogP contribution in [0, 0.1) is 0 Å². The van der Waals surface area contributed by atoms with Crippen molar-refractivity contribution >= 4 is 29.1 Å². The molecule has 2 rings (SSSR count). The fourth-order valence-electron chi connectivity index (χ4n) is 1.53. The largest absolute Gasteiger partial charge is 0.329 e. The van der Waals surface area contributed by atoms with Crippen molar-refractivity contribution in [2.24, 2.45) is 7.05 Å². The lowest BCUT2D eigenvalue weighted by Gasteiger charge is -2.09. The molecule has 0 aliphatic rings. The fourth-order valence-corrected chi connectivity index (χ4v) is 2.56. The van der Waals surface area contributed by atoms with Crippen LogP contribution in [0.1, 0.15) is 17.3 Å². The van der Waals surface area contributed by atoms with Crippen LogP contribution in [0.2, 0.25) is 5.02 Å². The molecule has 0 aliphatic carbocycles. The second-order valence-electron chi connectivity index (χ2n) is 3.95. The topological polar surface area (TPSA) is 34.9 Å². The van der Waals surface area contributed by atoms with Crippen molar-refractivity contribution < 1.29 is 4.79 Å². The number of carbonyl (C=O) groups is 1. The summed E-state index contributed by atoms with van der Waals surface area (Å²) in [7, 11) is 1.91. The molecule has 3 nitrogen and oxygen atoms in total. The maximum absolute atomic E-state index is 12.2. The van der Waals surface area contributed by atoms with Gasteiger partial charge in [0, 0.05) is 30.0 Å². The lowest BCUT2D eigenvalue weighted by molar-refractivity contribution is 0.0994. The number of hydrogen-bond acceptors (Lipinski definition) is 3. The zero-order chi connectivity index (χ0) is 13.1. The molecule has 0 radical (unpaired) electrons. The molecule has 0 saturated carbocycles. The molecule has 1 aromatic heterocycles. The van der Waals surface area contributed by atoms with E-state index < -0.39 is 0 Å². The van der Waals surface area contributed by atoms with Crippen LogP contribution in [0.3, 0.4) is 0 Å².